The van der Waals surface area contributed by atoms with E-state index in [0.717, 1.165) is 0 Å². The van der Waals surface area contributed by atoms with Gasteiger partial charge in [0.2, 0.25) is 0 Å². The number of carbonyl (C=O) groups is 1. The fraction of sp³-hybridized carbons (Fsp3) is 0.250. The van der Waals surface area contributed by atoms with Crippen molar-refractivity contribution in [2.45, 2.75) is 13.8 Å². The predicted octanol–water partition coefficient (Wildman–Crippen LogP) is 1.80. The molecular formula is C8H11N3O2. The van der Waals surface area contributed by atoms with Crippen molar-refractivity contribution in [3.8, 4) is 0 Å². The normalized spacial score (nSPS) is 9.38. The maximum atomic E-state index is 11.0. The van der Waals surface area contributed by atoms with Gasteiger partial charge in [0.05, 0.1) is 17.1 Å². The van der Waals surface area contributed by atoms with Crippen LogP contribution in [0.4, 0.5) is 10.5 Å². The van der Waals surface area contributed by atoms with Crippen LogP contribution in [0.3, 0.4) is 0 Å². The second-order valence-electron chi connectivity index (χ2n) is 2.60. The number of aromatic nitrogens is 2. The van der Waals surface area contributed by atoms with Crippen molar-refractivity contribution in [2.75, 3.05) is 5.32 Å². The fourth-order valence-corrected chi connectivity index (χ4v) is 0.779. The molecule has 1 rings (SSSR count). The van der Waals surface area contributed by atoms with E-state index in [9.17, 15) is 4.79 Å². The van der Waals surface area contributed by atoms with Gasteiger partial charge in [0.25, 0.3) is 0 Å². The lowest BCUT2D eigenvalue weighted by atomic mass is 10.4. The van der Waals surface area contributed by atoms with Gasteiger partial charge in [-0.15, -0.1) is 0 Å². The minimum atomic E-state index is -0.558. The van der Waals surface area contributed by atoms with Crippen LogP contribution < -0.4 is 5.32 Å². The number of aromatic amines is 1. The highest BCUT2D eigenvalue weighted by Crippen LogP contribution is 2.09. The number of rotatable bonds is 2. The van der Waals surface area contributed by atoms with Crippen LogP contribution in [0, 0.1) is 6.92 Å². The molecule has 70 valence electrons. The molecule has 0 aliphatic carbocycles. The molecule has 5 heteroatoms. The van der Waals surface area contributed by atoms with Crippen LogP contribution in [0.1, 0.15) is 12.6 Å². The molecule has 0 aliphatic rings. The Kier molecular flexibility index (Phi) is 2.69. The molecule has 0 saturated heterocycles. The van der Waals surface area contributed by atoms with Crippen molar-refractivity contribution >= 4 is 11.8 Å². The summed E-state index contributed by atoms with van der Waals surface area (Å²) >= 11 is 0. The van der Waals surface area contributed by atoms with Crippen molar-refractivity contribution < 1.29 is 9.53 Å². The number of aryl methyl sites for hydroxylation is 1. The zero-order valence-electron chi connectivity index (χ0n) is 7.55. The number of nitrogens with zero attached hydrogens (tertiary/aromatic N) is 1. The van der Waals surface area contributed by atoms with E-state index < -0.39 is 6.09 Å². The summed E-state index contributed by atoms with van der Waals surface area (Å²) in [5, 5.41) is 8.95. The largest absolute Gasteiger partial charge is 0.416 e. The van der Waals surface area contributed by atoms with E-state index in [0.29, 0.717) is 17.1 Å². The maximum absolute atomic E-state index is 11.0. The Balaban J connectivity index is 2.55. The smallest absolute Gasteiger partial charge is 0.416 e. The average molecular weight is 181 g/mol. The van der Waals surface area contributed by atoms with Crippen LogP contribution in [0.15, 0.2) is 18.5 Å². The summed E-state index contributed by atoms with van der Waals surface area (Å²) in [7, 11) is 0. The zero-order valence-corrected chi connectivity index (χ0v) is 7.55. The number of amides is 1. The second kappa shape index (κ2) is 3.75. The van der Waals surface area contributed by atoms with Crippen molar-refractivity contribution in [3.63, 3.8) is 0 Å². The van der Waals surface area contributed by atoms with Crippen LogP contribution in [-0.4, -0.2) is 16.3 Å². The summed E-state index contributed by atoms with van der Waals surface area (Å²) in [5.41, 5.74) is 1.31. The van der Waals surface area contributed by atoms with Gasteiger partial charge in [-0.3, -0.25) is 10.4 Å². The first-order valence-corrected chi connectivity index (χ1v) is 3.74. The zero-order chi connectivity index (χ0) is 9.84. The lowest BCUT2D eigenvalue weighted by Crippen LogP contribution is -2.12. The highest BCUT2D eigenvalue weighted by atomic mass is 16.6. The quantitative estimate of drug-likeness (QED) is 0.683. The van der Waals surface area contributed by atoms with Crippen LogP contribution >= 0.6 is 0 Å². The Labute approximate surface area is 75.8 Å². The van der Waals surface area contributed by atoms with Crippen molar-refractivity contribution in [3.05, 3.63) is 24.2 Å². The molecule has 0 aromatic carbocycles. The standard InChI is InChI=1S/C8H11N3O2/c1-5(2)13-8(12)10-7-4-9-11-6(7)3/h4H,1H2,2-3H3,(H,9,11)(H,10,12). The molecule has 1 amide bonds. The first kappa shape index (κ1) is 9.31. The van der Waals surface area contributed by atoms with E-state index in [1.54, 1.807) is 20.0 Å². The molecule has 0 unspecified atom stereocenters. The van der Waals surface area contributed by atoms with Gasteiger partial charge in [-0.05, 0) is 13.8 Å². The van der Waals surface area contributed by atoms with Crippen molar-refractivity contribution in [2.24, 2.45) is 0 Å². The lowest BCUT2D eigenvalue weighted by Gasteiger charge is -2.03. The highest BCUT2D eigenvalue weighted by Gasteiger charge is 2.06. The number of nitrogens with one attached hydrogen (secondary N) is 2. The number of hydrogen-bond acceptors (Lipinski definition) is 3. The molecule has 2 N–H and O–H groups in total. The molecular weight excluding hydrogens is 170 g/mol. The molecule has 0 aliphatic heterocycles. The molecule has 0 spiro atoms. The van der Waals surface area contributed by atoms with Gasteiger partial charge in [0.1, 0.15) is 0 Å². The Hall–Kier alpha value is -1.78. The highest BCUT2D eigenvalue weighted by molar-refractivity contribution is 5.85. The molecule has 1 heterocycles. The summed E-state index contributed by atoms with van der Waals surface area (Å²) in [4.78, 5) is 11.0. The van der Waals surface area contributed by atoms with Crippen LogP contribution in [0.2, 0.25) is 0 Å². The number of ether oxygens (including phenoxy) is 1. The van der Waals surface area contributed by atoms with Crippen molar-refractivity contribution in [1.82, 2.24) is 10.2 Å². The number of allylic oxidation sites excluding steroid dienone is 1. The molecule has 0 bridgehead atoms. The topological polar surface area (TPSA) is 67.0 Å². The second-order valence-corrected chi connectivity index (χ2v) is 2.60. The minimum Gasteiger partial charge on any atom is -0.416 e. The van der Waals surface area contributed by atoms with Gasteiger partial charge in [0.15, 0.2) is 0 Å². The molecule has 1 aromatic heterocycles. The molecule has 0 atom stereocenters. The Morgan fingerprint density at radius 3 is 2.92 bits per heavy atom. The van der Waals surface area contributed by atoms with Crippen LogP contribution in [0.25, 0.3) is 0 Å². The Morgan fingerprint density at radius 2 is 2.46 bits per heavy atom. The Morgan fingerprint density at radius 1 is 1.77 bits per heavy atom. The molecule has 0 fully saturated rings. The number of carbonyl (C=O) groups excluding carboxylic acids is 1. The monoisotopic (exact) mass is 181 g/mol. The van der Waals surface area contributed by atoms with E-state index in [4.69, 9.17) is 4.74 Å². The van der Waals surface area contributed by atoms with Gasteiger partial charge in [0, 0.05) is 6.20 Å². The Bertz CT molecular complexity index is 330. The number of hydrogen-bond donors (Lipinski definition) is 2. The van der Waals surface area contributed by atoms with E-state index in [1.807, 2.05) is 0 Å². The van der Waals surface area contributed by atoms with E-state index in [1.165, 1.54) is 0 Å². The van der Waals surface area contributed by atoms with Gasteiger partial charge in [-0.1, -0.05) is 6.58 Å². The van der Waals surface area contributed by atoms with Crippen molar-refractivity contribution in [1.29, 1.82) is 0 Å². The third-order valence-electron chi connectivity index (χ3n) is 1.33. The van der Waals surface area contributed by atoms with Gasteiger partial charge >= 0.3 is 6.09 Å². The number of H-pyrrole nitrogens is 1. The van der Waals surface area contributed by atoms with Gasteiger partial charge < -0.3 is 4.74 Å². The maximum Gasteiger partial charge on any atom is 0.416 e. The molecule has 0 saturated carbocycles. The lowest BCUT2D eigenvalue weighted by molar-refractivity contribution is 0.192. The third kappa shape index (κ3) is 2.62. The minimum absolute atomic E-state index is 0.346. The number of anilines is 1. The molecule has 1 aromatic rings. The summed E-state index contributed by atoms with van der Waals surface area (Å²) in [6.07, 6.45) is 1.02. The van der Waals surface area contributed by atoms with Crippen LogP contribution in [-0.2, 0) is 4.74 Å². The van der Waals surface area contributed by atoms with Crippen LogP contribution in [0.5, 0.6) is 0 Å². The molecule has 13 heavy (non-hydrogen) atoms. The third-order valence-corrected chi connectivity index (χ3v) is 1.33. The van der Waals surface area contributed by atoms with Gasteiger partial charge in [-0.2, -0.15) is 5.10 Å². The van der Waals surface area contributed by atoms with E-state index in [2.05, 4.69) is 22.1 Å². The average Bonchev–Trinajstić information content (AvgIpc) is 2.34. The fourth-order valence-electron chi connectivity index (χ4n) is 0.779. The summed E-state index contributed by atoms with van der Waals surface area (Å²) in [6, 6.07) is 0. The SMILES string of the molecule is C=C(C)OC(=O)Nc1c[nH]nc1C. The first-order valence-electron chi connectivity index (χ1n) is 3.74. The first-order chi connectivity index (χ1) is 6.09. The van der Waals surface area contributed by atoms with E-state index in [-0.39, 0.29) is 0 Å². The molecule has 5 nitrogen and oxygen atoms in total. The summed E-state index contributed by atoms with van der Waals surface area (Å²) in [6.45, 7) is 6.81. The predicted molar refractivity (Wildman–Crippen MR) is 48.2 cm³/mol. The molecule has 0 radical (unpaired) electrons. The van der Waals surface area contributed by atoms with Gasteiger partial charge in [-0.25, -0.2) is 4.79 Å². The van der Waals surface area contributed by atoms with E-state index >= 15 is 0 Å². The summed E-state index contributed by atoms with van der Waals surface area (Å²) in [5.74, 6) is 0.346. The summed E-state index contributed by atoms with van der Waals surface area (Å²) < 4.78 is 4.69.